The fraction of sp³-hybridized carbons (Fsp3) is 0.179. The van der Waals surface area contributed by atoms with Crippen molar-refractivity contribution in [1.29, 1.82) is 0 Å². The zero-order valence-electron chi connectivity index (χ0n) is 20.4. The Hall–Kier alpha value is -4.79. The summed E-state index contributed by atoms with van der Waals surface area (Å²) in [5, 5.41) is 4.09. The van der Waals surface area contributed by atoms with Crippen molar-refractivity contribution < 1.29 is 33.3 Å². The first-order valence-electron chi connectivity index (χ1n) is 11.6. The smallest absolute Gasteiger partial charge is 0.328 e. The first-order valence-corrected chi connectivity index (χ1v) is 11.6. The molecule has 1 saturated heterocycles. The van der Waals surface area contributed by atoms with Crippen LogP contribution in [0.2, 0.25) is 0 Å². The number of carbonyl (C=O) groups is 3. The van der Waals surface area contributed by atoms with Gasteiger partial charge in [0.25, 0.3) is 11.8 Å². The van der Waals surface area contributed by atoms with Crippen LogP contribution in [0.3, 0.4) is 0 Å². The Morgan fingerprint density at radius 2 is 1.35 bits per heavy atom. The number of urea groups is 1. The zero-order valence-corrected chi connectivity index (χ0v) is 20.4. The minimum Gasteiger partial charge on any atom is -0.493 e. The van der Waals surface area contributed by atoms with Gasteiger partial charge in [-0.25, -0.2) is 4.79 Å². The summed E-state index contributed by atoms with van der Waals surface area (Å²) in [5.74, 6) is 0.611. The molecule has 0 radical (unpaired) electrons. The molecular formula is C28H26N2O7. The predicted octanol–water partition coefficient (Wildman–Crippen LogP) is 4.00. The minimum absolute atomic E-state index is 0.183. The minimum atomic E-state index is -0.849. The van der Waals surface area contributed by atoms with Crippen molar-refractivity contribution in [2.75, 3.05) is 13.7 Å². The molecule has 0 spiro atoms. The Morgan fingerprint density at radius 3 is 2.03 bits per heavy atom. The number of carbonyl (C=O) groups excluding carboxylic acids is 3. The Morgan fingerprint density at radius 1 is 0.703 bits per heavy atom. The Labute approximate surface area is 214 Å². The maximum Gasteiger partial charge on any atom is 0.328 e. The highest BCUT2D eigenvalue weighted by atomic mass is 16.5. The van der Waals surface area contributed by atoms with E-state index in [4.69, 9.17) is 18.9 Å². The van der Waals surface area contributed by atoms with Crippen molar-refractivity contribution in [3.8, 4) is 23.0 Å². The largest absolute Gasteiger partial charge is 0.493 e. The molecule has 4 rings (SSSR count). The first-order chi connectivity index (χ1) is 18.0. The van der Waals surface area contributed by atoms with Crippen molar-refractivity contribution in [1.82, 2.24) is 10.6 Å². The lowest BCUT2D eigenvalue weighted by Gasteiger charge is -2.16. The molecule has 0 unspecified atom stereocenters. The lowest BCUT2D eigenvalue weighted by atomic mass is 10.1. The van der Waals surface area contributed by atoms with E-state index >= 15 is 0 Å². The van der Waals surface area contributed by atoms with Crippen LogP contribution in [-0.4, -0.2) is 31.6 Å². The summed E-state index contributed by atoms with van der Waals surface area (Å²) in [5.41, 5.74) is 2.26. The SMILES string of the molecule is CCOc1cc(C=C2C(=O)NC(=O)NC2=O)ccc1OCc1ccc(OCc2ccccc2)c(OC)c1. The van der Waals surface area contributed by atoms with Crippen LogP contribution in [0, 0.1) is 0 Å². The van der Waals surface area contributed by atoms with Crippen molar-refractivity contribution in [3.63, 3.8) is 0 Å². The summed E-state index contributed by atoms with van der Waals surface area (Å²) in [6.07, 6.45) is 1.38. The quantitative estimate of drug-likeness (QED) is 0.318. The number of ether oxygens (including phenoxy) is 4. The lowest BCUT2D eigenvalue weighted by Crippen LogP contribution is -2.51. The van der Waals surface area contributed by atoms with Crippen LogP contribution in [0.5, 0.6) is 23.0 Å². The van der Waals surface area contributed by atoms with Gasteiger partial charge in [0.2, 0.25) is 0 Å². The number of methoxy groups -OCH3 is 1. The molecule has 0 atom stereocenters. The van der Waals surface area contributed by atoms with Crippen molar-refractivity contribution >= 4 is 23.9 Å². The molecule has 3 aromatic carbocycles. The van der Waals surface area contributed by atoms with E-state index in [0.29, 0.717) is 41.8 Å². The third kappa shape index (κ3) is 6.46. The van der Waals surface area contributed by atoms with Crippen LogP contribution in [0.25, 0.3) is 6.08 Å². The summed E-state index contributed by atoms with van der Waals surface area (Å²) in [4.78, 5) is 35.3. The number of amides is 4. The van der Waals surface area contributed by atoms with Gasteiger partial charge in [-0.2, -0.15) is 0 Å². The molecule has 0 aromatic heterocycles. The summed E-state index contributed by atoms with van der Waals surface area (Å²) >= 11 is 0. The van der Waals surface area contributed by atoms with Crippen molar-refractivity contribution in [2.24, 2.45) is 0 Å². The van der Waals surface area contributed by atoms with Crippen LogP contribution in [-0.2, 0) is 22.8 Å². The van der Waals surface area contributed by atoms with Gasteiger partial charge in [-0.3, -0.25) is 20.2 Å². The molecule has 1 aliphatic rings. The van der Waals surface area contributed by atoms with Crippen LogP contribution < -0.4 is 29.6 Å². The van der Waals surface area contributed by atoms with E-state index in [2.05, 4.69) is 0 Å². The Kier molecular flexibility index (Phi) is 8.05. The molecule has 0 saturated carbocycles. The normalized spacial score (nSPS) is 12.9. The van der Waals surface area contributed by atoms with Gasteiger partial charge < -0.3 is 18.9 Å². The van der Waals surface area contributed by atoms with E-state index in [9.17, 15) is 14.4 Å². The maximum atomic E-state index is 12.0. The van der Waals surface area contributed by atoms with Crippen LogP contribution in [0.1, 0.15) is 23.6 Å². The van der Waals surface area contributed by atoms with Gasteiger partial charge in [-0.05, 0) is 54.0 Å². The number of benzene rings is 3. The van der Waals surface area contributed by atoms with E-state index in [-0.39, 0.29) is 12.2 Å². The second-order valence-corrected chi connectivity index (χ2v) is 7.98. The molecule has 190 valence electrons. The van der Waals surface area contributed by atoms with Gasteiger partial charge in [-0.15, -0.1) is 0 Å². The van der Waals surface area contributed by atoms with Gasteiger partial charge in [0.15, 0.2) is 23.0 Å². The summed E-state index contributed by atoms with van der Waals surface area (Å²) < 4.78 is 23.1. The van der Waals surface area contributed by atoms with E-state index in [0.717, 1.165) is 11.1 Å². The highest BCUT2D eigenvalue weighted by molar-refractivity contribution is 6.31. The van der Waals surface area contributed by atoms with Crippen LogP contribution in [0.4, 0.5) is 4.79 Å². The first kappa shape index (κ1) is 25.3. The van der Waals surface area contributed by atoms with E-state index in [1.54, 1.807) is 25.3 Å². The second kappa shape index (κ2) is 11.8. The highest BCUT2D eigenvalue weighted by Gasteiger charge is 2.27. The molecule has 1 aliphatic heterocycles. The molecule has 4 amide bonds. The summed E-state index contributed by atoms with van der Waals surface area (Å²) in [6.45, 7) is 2.88. The number of nitrogens with one attached hydrogen (secondary N) is 2. The van der Waals surface area contributed by atoms with E-state index in [1.807, 2.05) is 66.1 Å². The third-order valence-electron chi connectivity index (χ3n) is 5.38. The summed E-state index contributed by atoms with van der Waals surface area (Å²) in [6, 6.07) is 19.6. The molecule has 0 bridgehead atoms. The topological polar surface area (TPSA) is 112 Å². The predicted molar refractivity (Wildman–Crippen MR) is 135 cm³/mol. The highest BCUT2D eigenvalue weighted by Crippen LogP contribution is 2.32. The van der Waals surface area contributed by atoms with Crippen LogP contribution >= 0.6 is 0 Å². The number of imide groups is 2. The molecule has 9 nitrogen and oxygen atoms in total. The molecular weight excluding hydrogens is 476 g/mol. The van der Waals surface area contributed by atoms with Gasteiger partial charge in [-0.1, -0.05) is 42.5 Å². The number of barbiturate groups is 1. The molecule has 37 heavy (non-hydrogen) atoms. The molecule has 9 heteroatoms. The van der Waals surface area contributed by atoms with Gasteiger partial charge >= 0.3 is 6.03 Å². The fourth-order valence-corrected chi connectivity index (χ4v) is 3.59. The van der Waals surface area contributed by atoms with Gasteiger partial charge in [0, 0.05) is 0 Å². The number of hydrogen-bond donors (Lipinski definition) is 2. The summed E-state index contributed by atoms with van der Waals surface area (Å²) in [7, 11) is 1.58. The lowest BCUT2D eigenvalue weighted by molar-refractivity contribution is -0.123. The maximum absolute atomic E-state index is 12.0. The monoisotopic (exact) mass is 502 g/mol. The molecule has 3 aromatic rings. The fourth-order valence-electron chi connectivity index (χ4n) is 3.59. The number of hydrogen-bond acceptors (Lipinski definition) is 7. The Balaban J connectivity index is 1.46. The standard InChI is InChI=1S/C28H26N2O7/c1-3-35-25-14-19(13-21-26(31)29-28(33)30-27(21)32)9-11-23(25)37-17-20-10-12-22(24(15-20)34-2)36-16-18-7-5-4-6-8-18/h4-15H,3,16-17H2,1-2H3,(H2,29,30,31,32,33). The van der Waals surface area contributed by atoms with E-state index < -0.39 is 17.8 Å². The average Bonchev–Trinajstić information content (AvgIpc) is 2.90. The van der Waals surface area contributed by atoms with E-state index in [1.165, 1.54) is 6.08 Å². The zero-order chi connectivity index (χ0) is 26.2. The Bertz CT molecular complexity index is 1310. The second-order valence-electron chi connectivity index (χ2n) is 7.98. The van der Waals surface area contributed by atoms with Crippen molar-refractivity contribution in [2.45, 2.75) is 20.1 Å². The molecule has 1 fully saturated rings. The molecule has 2 N–H and O–H groups in total. The average molecular weight is 503 g/mol. The van der Waals surface area contributed by atoms with Crippen molar-refractivity contribution in [3.05, 3.63) is 89.0 Å². The van der Waals surface area contributed by atoms with Gasteiger partial charge in [0.05, 0.1) is 13.7 Å². The molecule has 1 heterocycles. The van der Waals surface area contributed by atoms with Crippen LogP contribution in [0.15, 0.2) is 72.3 Å². The third-order valence-corrected chi connectivity index (χ3v) is 5.38. The molecule has 0 aliphatic carbocycles. The number of rotatable bonds is 10. The van der Waals surface area contributed by atoms with Gasteiger partial charge in [0.1, 0.15) is 18.8 Å².